The van der Waals surface area contributed by atoms with Crippen molar-refractivity contribution in [1.29, 1.82) is 0 Å². The van der Waals surface area contributed by atoms with Gasteiger partial charge in [-0.25, -0.2) is 0 Å². The van der Waals surface area contributed by atoms with Crippen molar-refractivity contribution in [2.75, 3.05) is 6.54 Å². The van der Waals surface area contributed by atoms with Gasteiger partial charge in [-0.2, -0.15) is 0 Å². The molecule has 2 rings (SSSR count). The van der Waals surface area contributed by atoms with Crippen LogP contribution in [-0.2, 0) is 11.3 Å². The maximum absolute atomic E-state index is 12.1. The van der Waals surface area contributed by atoms with Gasteiger partial charge in [0, 0.05) is 23.0 Å². The first-order valence-electron chi connectivity index (χ1n) is 8.00. The lowest BCUT2D eigenvalue weighted by Crippen LogP contribution is -2.87. The Morgan fingerprint density at radius 3 is 2.52 bits per heavy atom. The Labute approximate surface area is 146 Å². The number of nitrogens with two attached hydrogens (primary N) is 1. The summed E-state index contributed by atoms with van der Waals surface area (Å²) in [5, 5.41) is 5.11. The second-order valence-electron chi connectivity index (χ2n) is 5.71. The Kier molecular flexibility index (Phi) is 6.81. The van der Waals surface area contributed by atoms with Gasteiger partial charge in [0.25, 0.3) is 5.91 Å². The van der Waals surface area contributed by atoms with Crippen molar-refractivity contribution >= 4 is 21.8 Å². The van der Waals surface area contributed by atoms with Crippen molar-refractivity contribution in [2.24, 2.45) is 0 Å². The van der Waals surface area contributed by atoms with E-state index in [9.17, 15) is 4.79 Å². The van der Waals surface area contributed by atoms with Crippen LogP contribution in [0.3, 0.4) is 0 Å². The van der Waals surface area contributed by atoms with Crippen molar-refractivity contribution in [3.63, 3.8) is 0 Å². The van der Waals surface area contributed by atoms with E-state index >= 15 is 0 Å². The number of nitrogens with one attached hydrogen (secondary N) is 1. The van der Waals surface area contributed by atoms with Crippen molar-refractivity contribution in [2.45, 2.75) is 32.9 Å². The summed E-state index contributed by atoms with van der Waals surface area (Å²) in [5.74, 6) is 0.0730. The van der Waals surface area contributed by atoms with Crippen LogP contribution in [0.4, 0.5) is 0 Å². The van der Waals surface area contributed by atoms with E-state index in [2.05, 4.69) is 64.7 Å². The highest BCUT2D eigenvalue weighted by molar-refractivity contribution is 9.10. The first-order chi connectivity index (χ1) is 11.1. The summed E-state index contributed by atoms with van der Waals surface area (Å²) in [4.78, 5) is 12.1. The van der Waals surface area contributed by atoms with Crippen LogP contribution in [0.25, 0.3) is 0 Å². The average molecular weight is 376 g/mol. The number of amides is 1. The highest BCUT2D eigenvalue weighted by atomic mass is 79.9. The van der Waals surface area contributed by atoms with E-state index in [0.29, 0.717) is 19.1 Å². The zero-order valence-corrected chi connectivity index (χ0v) is 15.3. The van der Waals surface area contributed by atoms with Crippen LogP contribution in [0.15, 0.2) is 53.0 Å². The Morgan fingerprint density at radius 1 is 1.17 bits per heavy atom. The molecule has 4 heteroatoms. The minimum absolute atomic E-state index is 0.0730. The molecule has 3 nitrogen and oxygen atoms in total. The van der Waals surface area contributed by atoms with E-state index in [1.54, 1.807) is 0 Å². The molecular formula is C19H24BrN2O+. The molecule has 2 aromatic rings. The summed E-state index contributed by atoms with van der Waals surface area (Å²) < 4.78 is 1.08. The minimum Gasteiger partial charge on any atom is -0.347 e. The Hall–Kier alpha value is -1.65. The molecule has 0 heterocycles. The molecule has 0 aliphatic heterocycles. The molecule has 1 atom stereocenters. The summed E-state index contributed by atoms with van der Waals surface area (Å²) in [5.41, 5.74) is 3.63. The third-order valence-electron chi connectivity index (χ3n) is 4.06. The largest absolute Gasteiger partial charge is 0.347 e. The molecule has 0 spiro atoms. The summed E-state index contributed by atoms with van der Waals surface area (Å²) in [6.45, 7) is 5.25. The van der Waals surface area contributed by atoms with E-state index < -0.39 is 0 Å². The topological polar surface area (TPSA) is 45.7 Å². The number of aryl methyl sites for hydroxylation is 1. The summed E-state index contributed by atoms with van der Waals surface area (Å²) in [6, 6.07) is 16.8. The zero-order valence-electron chi connectivity index (χ0n) is 13.7. The number of halogens is 1. The second kappa shape index (κ2) is 8.85. The van der Waals surface area contributed by atoms with Gasteiger partial charge in [0.15, 0.2) is 6.54 Å². The lowest BCUT2D eigenvalue weighted by atomic mass is 10.0. The van der Waals surface area contributed by atoms with Gasteiger partial charge in [-0.3, -0.25) is 4.79 Å². The van der Waals surface area contributed by atoms with Gasteiger partial charge in [-0.05, 0) is 30.2 Å². The van der Waals surface area contributed by atoms with Gasteiger partial charge in [0.05, 0.1) is 0 Å². The van der Waals surface area contributed by atoms with Gasteiger partial charge in [0.2, 0.25) is 0 Å². The molecular weight excluding hydrogens is 352 g/mol. The number of carbonyl (C=O) groups excluding carboxylic acids is 1. The van der Waals surface area contributed by atoms with Crippen LogP contribution in [0.5, 0.6) is 0 Å². The maximum atomic E-state index is 12.1. The van der Waals surface area contributed by atoms with E-state index in [0.717, 1.165) is 10.9 Å². The summed E-state index contributed by atoms with van der Waals surface area (Å²) in [6.07, 6.45) is 0.993. The van der Waals surface area contributed by atoms with Gasteiger partial charge >= 0.3 is 0 Å². The molecule has 0 unspecified atom stereocenters. The third-order valence-corrected chi connectivity index (χ3v) is 4.59. The van der Waals surface area contributed by atoms with Gasteiger partial charge < -0.3 is 10.6 Å². The third kappa shape index (κ3) is 5.48. The minimum atomic E-state index is 0.0730. The highest BCUT2D eigenvalue weighted by Crippen LogP contribution is 2.16. The van der Waals surface area contributed by atoms with Crippen LogP contribution in [-0.4, -0.2) is 12.5 Å². The summed E-state index contributed by atoms with van der Waals surface area (Å²) >= 11 is 3.45. The number of rotatable bonds is 7. The van der Waals surface area contributed by atoms with Crippen LogP contribution >= 0.6 is 15.9 Å². The molecule has 0 bridgehead atoms. The molecule has 0 aliphatic carbocycles. The number of hydrogen-bond acceptors (Lipinski definition) is 1. The standard InChI is InChI=1S/C19H23BrN2O/c1-3-18(15-8-10-17(20)11-9-15)21-13-19(23)22-12-16-7-5-4-6-14(16)2/h4-11,18,21H,3,12-13H2,1-2H3,(H,22,23)/p+1/t18-/m1/s1. The molecule has 0 aliphatic rings. The van der Waals surface area contributed by atoms with E-state index in [4.69, 9.17) is 0 Å². The first-order valence-corrected chi connectivity index (χ1v) is 8.79. The smallest absolute Gasteiger partial charge is 0.275 e. The predicted octanol–water partition coefficient (Wildman–Crippen LogP) is 3.09. The monoisotopic (exact) mass is 375 g/mol. The fourth-order valence-electron chi connectivity index (χ4n) is 2.57. The molecule has 23 heavy (non-hydrogen) atoms. The van der Waals surface area contributed by atoms with E-state index in [-0.39, 0.29) is 5.91 Å². The fourth-order valence-corrected chi connectivity index (χ4v) is 2.84. The SMILES string of the molecule is CC[C@@H]([NH2+]CC(=O)NCc1ccccc1C)c1ccc(Br)cc1. The van der Waals surface area contributed by atoms with Crippen LogP contribution < -0.4 is 10.6 Å². The molecule has 0 saturated heterocycles. The van der Waals surface area contributed by atoms with Crippen molar-refractivity contribution in [1.82, 2.24) is 5.32 Å². The normalized spacial score (nSPS) is 12.0. The maximum Gasteiger partial charge on any atom is 0.275 e. The number of hydrogen-bond donors (Lipinski definition) is 2. The Morgan fingerprint density at radius 2 is 1.87 bits per heavy atom. The van der Waals surface area contributed by atoms with E-state index in [1.165, 1.54) is 16.7 Å². The molecule has 0 saturated carbocycles. The molecule has 0 fully saturated rings. The first kappa shape index (κ1) is 17.7. The summed E-state index contributed by atoms with van der Waals surface area (Å²) in [7, 11) is 0. The predicted molar refractivity (Wildman–Crippen MR) is 97.0 cm³/mol. The fraction of sp³-hybridized carbons (Fsp3) is 0.316. The molecule has 122 valence electrons. The van der Waals surface area contributed by atoms with Crippen LogP contribution in [0, 0.1) is 6.92 Å². The number of benzene rings is 2. The van der Waals surface area contributed by atoms with Gasteiger partial charge in [-0.15, -0.1) is 0 Å². The molecule has 2 aromatic carbocycles. The van der Waals surface area contributed by atoms with Crippen molar-refractivity contribution < 1.29 is 10.1 Å². The Balaban J connectivity index is 1.83. The lowest BCUT2D eigenvalue weighted by Gasteiger charge is -2.14. The molecule has 0 aromatic heterocycles. The average Bonchev–Trinajstić information content (AvgIpc) is 2.56. The van der Waals surface area contributed by atoms with Gasteiger partial charge in [0.1, 0.15) is 6.04 Å². The van der Waals surface area contributed by atoms with Crippen molar-refractivity contribution in [3.8, 4) is 0 Å². The Bertz CT molecular complexity index is 640. The van der Waals surface area contributed by atoms with Crippen LogP contribution in [0.1, 0.15) is 36.1 Å². The molecule has 1 amide bonds. The highest BCUT2D eigenvalue weighted by Gasteiger charge is 2.14. The quantitative estimate of drug-likeness (QED) is 0.767. The molecule has 3 N–H and O–H groups in total. The molecule has 0 radical (unpaired) electrons. The zero-order chi connectivity index (χ0) is 16.7. The van der Waals surface area contributed by atoms with Crippen LogP contribution in [0.2, 0.25) is 0 Å². The second-order valence-corrected chi connectivity index (χ2v) is 6.63. The van der Waals surface area contributed by atoms with Gasteiger partial charge in [-0.1, -0.05) is 59.3 Å². The lowest BCUT2D eigenvalue weighted by molar-refractivity contribution is -0.686. The number of quaternary nitrogens is 1. The number of carbonyl (C=O) groups is 1. The van der Waals surface area contributed by atoms with E-state index in [1.807, 2.05) is 24.3 Å². The van der Waals surface area contributed by atoms with Crippen molar-refractivity contribution in [3.05, 3.63) is 69.7 Å².